The number of benzene rings is 3. The maximum Gasteiger partial charge on any atom is 0.264 e. The van der Waals surface area contributed by atoms with Crippen LogP contribution in [0.2, 0.25) is 0 Å². The van der Waals surface area contributed by atoms with Crippen molar-refractivity contribution in [1.82, 2.24) is 10.2 Å². The molecule has 0 spiro atoms. The monoisotopic (exact) mass is 639 g/mol. The van der Waals surface area contributed by atoms with Gasteiger partial charge in [0.05, 0.1) is 24.8 Å². The molecular weight excluding hydrogens is 597 g/mol. The van der Waals surface area contributed by atoms with Crippen molar-refractivity contribution < 1.29 is 31.9 Å². The number of methoxy groups -OCH3 is 2. The van der Waals surface area contributed by atoms with E-state index in [-0.39, 0.29) is 29.1 Å². The maximum absolute atomic E-state index is 14.3. The summed E-state index contributed by atoms with van der Waals surface area (Å²) in [6.07, 6.45) is 4.10. The van der Waals surface area contributed by atoms with Gasteiger partial charge in [-0.2, -0.15) is 0 Å². The average molecular weight is 640 g/mol. The number of carbonyl (C=O) groups excluding carboxylic acids is 2. The van der Waals surface area contributed by atoms with E-state index in [1.807, 2.05) is 26.8 Å². The molecule has 0 aliphatic heterocycles. The Kier molecular flexibility index (Phi) is 11.1. The Labute approximate surface area is 265 Å². The zero-order valence-corrected chi connectivity index (χ0v) is 27.3. The third kappa shape index (κ3) is 8.13. The maximum atomic E-state index is 14.3. The normalized spacial score (nSPS) is 14.1. The minimum atomic E-state index is -4.32. The van der Waals surface area contributed by atoms with Gasteiger partial charge in [-0.15, -0.1) is 0 Å². The highest BCUT2D eigenvalue weighted by Gasteiger charge is 2.35. The van der Waals surface area contributed by atoms with Crippen LogP contribution in [0.5, 0.6) is 11.5 Å². The molecule has 1 aliphatic carbocycles. The fourth-order valence-electron chi connectivity index (χ4n) is 5.80. The second-order valence-electron chi connectivity index (χ2n) is 11.4. The average Bonchev–Trinajstić information content (AvgIpc) is 3.52. The predicted octanol–water partition coefficient (Wildman–Crippen LogP) is 5.52. The number of nitrogens with zero attached hydrogens (tertiary/aromatic N) is 2. The van der Waals surface area contributed by atoms with E-state index >= 15 is 0 Å². The Morgan fingerprint density at radius 3 is 2.13 bits per heavy atom. The molecule has 1 N–H and O–H groups in total. The molecule has 1 fully saturated rings. The Bertz CT molecular complexity index is 1590. The predicted molar refractivity (Wildman–Crippen MR) is 171 cm³/mol. The van der Waals surface area contributed by atoms with Crippen LogP contribution in [0.1, 0.15) is 55.7 Å². The van der Waals surface area contributed by atoms with Crippen molar-refractivity contribution in [3.05, 3.63) is 83.2 Å². The summed E-state index contributed by atoms with van der Waals surface area (Å²) in [4.78, 5) is 29.2. The molecule has 0 bridgehead atoms. The van der Waals surface area contributed by atoms with Crippen LogP contribution in [-0.2, 0) is 26.2 Å². The quantitative estimate of drug-likeness (QED) is 0.264. The SMILES string of the molecule is CC[C@H](C(=O)NC1CCCC1)N(Cc1ccc(F)cc1)C(=O)CN(c1cc(C)cc(C)c1)S(=O)(=O)c1ccc(OC)c(OC)c1. The molecule has 0 unspecified atom stereocenters. The van der Waals surface area contributed by atoms with Gasteiger partial charge in [-0.3, -0.25) is 13.9 Å². The number of anilines is 1. The molecule has 1 atom stereocenters. The summed E-state index contributed by atoms with van der Waals surface area (Å²) in [5.41, 5.74) is 2.55. The van der Waals surface area contributed by atoms with Gasteiger partial charge >= 0.3 is 0 Å². The van der Waals surface area contributed by atoms with Gasteiger partial charge in [0.25, 0.3) is 10.0 Å². The van der Waals surface area contributed by atoms with Gasteiger partial charge < -0.3 is 19.7 Å². The number of nitrogens with one attached hydrogen (secondary N) is 1. The highest BCUT2D eigenvalue weighted by atomic mass is 32.2. The Morgan fingerprint density at radius 1 is 0.933 bits per heavy atom. The van der Waals surface area contributed by atoms with E-state index in [9.17, 15) is 22.4 Å². The summed E-state index contributed by atoms with van der Waals surface area (Å²) < 4.78 is 54.1. The lowest BCUT2D eigenvalue weighted by molar-refractivity contribution is -0.140. The van der Waals surface area contributed by atoms with Crippen molar-refractivity contribution in [3.63, 3.8) is 0 Å². The van der Waals surface area contributed by atoms with Gasteiger partial charge in [0.1, 0.15) is 18.4 Å². The molecule has 1 aliphatic rings. The lowest BCUT2D eigenvalue weighted by Gasteiger charge is -2.34. The van der Waals surface area contributed by atoms with Crippen LogP contribution in [0.15, 0.2) is 65.6 Å². The molecule has 0 heterocycles. The lowest BCUT2D eigenvalue weighted by Crippen LogP contribution is -2.53. The molecule has 3 aromatic rings. The summed E-state index contributed by atoms with van der Waals surface area (Å²) in [6, 6.07) is 14.4. The number of aryl methyl sites for hydroxylation is 2. The molecule has 0 aromatic heterocycles. The van der Waals surface area contributed by atoms with E-state index in [2.05, 4.69) is 5.32 Å². The van der Waals surface area contributed by atoms with E-state index in [4.69, 9.17) is 9.47 Å². The standard InChI is InChI=1S/C34H42FN3O6S/c1-6-30(34(40)36-27-9-7-8-10-27)37(21-25-11-13-26(35)14-12-25)33(39)22-38(28-18-23(2)17-24(3)19-28)45(41,42)29-15-16-31(43-4)32(20-29)44-5/h11-20,27,30H,6-10,21-22H2,1-5H3,(H,36,40)/t30-/m1/s1. The number of ether oxygens (including phenoxy) is 2. The van der Waals surface area contributed by atoms with Gasteiger partial charge in [0.15, 0.2) is 11.5 Å². The molecule has 3 aromatic carbocycles. The van der Waals surface area contributed by atoms with Crippen molar-refractivity contribution in [2.24, 2.45) is 0 Å². The summed E-state index contributed by atoms with van der Waals surface area (Å²) in [6.45, 7) is 4.92. The van der Waals surface area contributed by atoms with Crippen LogP contribution < -0.4 is 19.1 Å². The first-order valence-corrected chi connectivity index (χ1v) is 16.6. The van der Waals surface area contributed by atoms with Crippen LogP contribution in [0, 0.1) is 19.7 Å². The molecule has 242 valence electrons. The first-order chi connectivity index (χ1) is 21.5. The number of sulfonamides is 1. The molecule has 11 heteroatoms. The van der Waals surface area contributed by atoms with Gasteiger partial charge in [-0.25, -0.2) is 12.8 Å². The van der Waals surface area contributed by atoms with Gasteiger partial charge in [0.2, 0.25) is 11.8 Å². The molecule has 2 amide bonds. The summed E-state index contributed by atoms with van der Waals surface area (Å²) in [5.74, 6) is -0.714. The Hall–Kier alpha value is -4.12. The molecule has 4 rings (SSSR count). The van der Waals surface area contributed by atoms with Gasteiger partial charge in [-0.05, 0) is 86.2 Å². The van der Waals surface area contributed by atoms with E-state index in [1.165, 1.54) is 49.5 Å². The van der Waals surface area contributed by atoms with E-state index in [0.717, 1.165) is 41.1 Å². The van der Waals surface area contributed by atoms with Crippen molar-refractivity contribution in [2.45, 2.75) is 76.4 Å². The summed E-state index contributed by atoms with van der Waals surface area (Å²) in [5, 5.41) is 3.09. The Balaban J connectivity index is 1.77. The van der Waals surface area contributed by atoms with Crippen molar-refractivity contribution >= 4 is 27.5 Å². The number of rotatable bonds is 13. The topological polar surface area (TPSA) is 105 Å². The first-order valence-electron chi connectivity index (χ1n) is 15.1. The van der Waals surface area contributed by atoms with Crippen LogP contribution in [-0.4, -0.2) is 58.0 Å². The largest absolute Gasteiger partial charge is 0.493 e. The number of halogens is 1. The fourth-order valence-corrected chi connectivity index (χ4v) is 7.21. The minimum Gasteiger partial charge on any atom is -0.493 e. The Morgan fingerprint density at radius 2 is 1.56 bits per heavy atom. The number of amides is 2. The van der Waals surface area contributed by atoms with Crippen LogP contribution >= 0.6 is 0 Å². The van der Waals surface area contributed by atoms with Crippen LogP contribution in [0.25, 0.3) is 0 Å². The fraction of sp³-hybridized carbons (Fsp3) is 0.412. The molecule has 0 radical (unpaired) electrons. The van der Waals surface area contributed by atoms with Gasteiger partial charge in [0, 0.05) is 18.7 Å². The zero-order chi connectivity index (χ0) is 32.7. The smallest absolute Gasteiger partial charge is 0.264 e. The summed E-state index contributed by atoms with van der Waals surface area (Å²) >= 11 is 0. The summed E-state index contributed by atoms with van der Waals surface area (Å²) in [7, 11) is -1.46. The van der Waals surface area contributed by atoms with Crippen molar-refractivity contribution in [1.29, 1.82) is 0 Å². The van der Waals surface area contributed by atoms with Crippen LogP contribution in [0.4, 0.5) is 10.1 Å². The third-order valence-corrected chi connectivity index (χ3v) is 9.84. The van der Waals surface area contributed by atoms with Crippen LogP contribution in [0.3, 0.4) is 0 Å². The molecule has 0 saturated heterocycles. The lowest BCUT2D eigenvalue weighted by atomic mass is 10.1. The third-order valence-electron chi connectivity index (χ3n) is 8.07. The minimum absolute atomic E-state index is 0.00714. The van der Waals surface area contributed by atoms with E-state index in [1.54, 1.807) is 24.3 Å². The number of hydrogen-bond acceptors (Lipinski definition) is 6. The highest BCUT2D eigenvalue weighted by molar-refractivity contribution is 7.92. The van der Waals surface area contributed by atoms with Crippen molar-refractivity contribution in [2.75, 3.05) is 25.1 Å². The number of carbonyl (C=O) groups is 2. The molecule has 1 saturated carbocycles. The molecule has 9 nitrogen and oxygen atoms in total. The van der Waals surface area contributed by atoms with E-state index in [0.29, 0.717) is 23.4 Å². The zero-order valence-electron chi connectivity index (χ0n) is 26.5. The number of hydrogen-bond donors (Lipinski definition) is 1. The second-order valence-corrected chi connectivity index (χ2v) is 13.3. The van der Waals surface area contributed by atoms with Gasteiger partial charge in [-0.1, -0.05) is 38.0 Å². The highest BCUT2D eigenvalue weighted by Crippen LogP contribution is 2.33. The van der Waals surface area contributed by atoms with E-state index < -0.39 is 34.3 Å². The van der Waals surface area contributed by atoms with Crippen molar-refractivity contribution in [3.8, 4) is 11.5 Å². The molecule has 45 heavy (non-hydrogen) atoms. The first kappa shape index (κ1) is 33.8. The molecular formula is C34H42FN3O6S. The second kappa shape index (κ2) is 14.8.